The Balaban J connectivity index is 2.04. The van der Waals surface area contributed by atoms with Crippen LogP contribution in [0.25, 0.3) is 0 Å². The summed E-state index contributed by atoms with van der Waals surface area (Å²) in [6.45, 7) is 0.628. The summed E-state index contributed by atoms with van der Waals surface area (Å²) in [7, 11) is 0. The predicted octanol–water partition coefficient (Wildman–Crippen LogP) is 0.287. The molecule has 20 heavy (non-hydrogen) atoms. The quantitative estimate of drug-likeness (QED) is 0.468. The van der Waals surface area contributed by atoms with E-state index < -0.39 is 5.97 Å². The first-order valence-electron chi connectivity index (χ1n) is 6.82. The third kappa shape index (κ3) is 5.81. The number of hydrogen-bond donors (Lipinski definition) is 2. The lowest BCUT2D eigenvalue weighted by molar-refractivity contribution is -0.139. The topological polar surface area (TPSA) is 104 Å². The van der Waals surface area contributed by atoms with Gasteiger partial charge in [-0.2, -0.15) is 0 Å². The predicted molar refractivity (Wildman–Crippen MR) is 69.7 cm³/mol. The van der Waals surface area contributed by atoms with Crippen LogP contribution in [0.1, 0.15) is 44.9 Å². The van der Waals surface area contributed by atoms with Gasteiger partial charge in [0.25, 0.3) is 0 Å². The molecule has 0 spiro atoms. The molecule has 0 radical (unpaired) electrons. The van der Waals surface area contributed by atoms with Crippen LogP contribution in [0.4, 0.5) is 0 Å². The summed E-state index contributed by atoms with van der Waals surface area (Å²) in [6, 6.07) is 0. The second kappa shape index (κ2) is 8.29. The molecule has 7 nitrogen and oxygen atoms in total. The highest BCUT2D eigenvalue weighted by molar-refractivity contribution is 6.02. The second-order valence-corrected chi connectivity index (χ2v) is 4.74. The molecule has 0 atom stereocenters. The smallest absolute Gasteiger partial charge is 0.303 e. The Morgan fingerprint density at radius 3 is 2.30 bits per heavy atom. The van der Waals surface area contributed by atoms with E-state index in [1.165, 1.54) is 0 Å². The minimum absolute atomic E-state index is 0.118. The van der Waals surface area contributed by atoms with E-state index in [2.05, 4.69) is 5.32 Å². The van der Waals surface area contributed by atoms with Crippen molar-refractivity contribution in [2.45, 2.75) is 44.9 Å². The van der Waals surface area contributed by atoms with E-state index in [1.807, 2.05) is 0 Å². The molecule has 0 aromatic carbocycles. The van der Waals surface area contributed by atoms with Gasteiger partial charge in [0.1, 0.15) is 0 Å². The molecule has 0 unspecified atom stereocenters. The molecule has 1 rings (SSSR count). The average molecular weight is 284 g/mol. The van der Waals surface area contributed by atoms with Gasteiger partial charge in [0.2, 0.25) is 17.7 Å². The molecule has 3 amide bonds. The van der Waals surface area contributed by atoms with Gasteiger partial charge < -0.3 is 10.4 Å². The van der Waals surface area contributed by atoms with Gasteiger partial charge in [-0.3, -0.25) is 24.1 Å². The Labute approximate surface area is 117 Å². The van der Waals surface area contributed by atoms with Crippen LogP contribution in [0, 0.1) is 0 Å². The Morgan fingerprint density at radius 2 is 1.70 bits per heavy atom. The molecule has 1 aliphatic heterocycles. The fourth-order valence-electron chi connectivity index (χ4n) is 1.98. The number of carboxylic acids is 1. The van der Waals surface area contributed by atoms with Crippen molar-refractivity contribution in [3.05, 3.63) is 0 Å². The van der Waals surface area contributed by atoms with Crippen LogP contribution < -0.4 is 5.32 Å². The summed E-state index contributed by atoms with van der Waals surface area (Å²) in [5.74, 6) is -1.43. The Kier molecular flexibility index (Phi) is 6.69. The first-order valence-corrected chi connectivity index (χ1v) is 6.82. The van der Waals surface area contributed by atoms with Crippen LogP contribution in [0.3, 0.4) is 0 Å². The zero-order chi connectivity index (χ0) is 15.0. The number of aliphatic carboxylic acids is 1. The summed E-state index contributed by atoms with van der Waals surface area (Å²) in [5, 5.41) is 11.1. The number of hydrogen-bond acceptors (Lipinski definition) is 4. The van der Waals surface area contributed by atoms with Crippen LogP contribution in [0.2, 0.25) is 0 Å². The zero-order valence-corrected chi connectivity index (χ0v) is 11.4. The highest BCUT2D eigenvalue weighted by Crippen LogP contribution is 2.11. The van der Waals surface area contributed by atoms with Gasteiger partial charge >= 0.3 is 5.97 Å². The fraction of sp³-hybridized carbons (Fsp3) is 0.692. The highest BCUT2D eigenvalue weighted by atomic mass is 16.4. The molecule has 0 bridgehead atoms. The number of nitrogens with one attached hydrogen (secondary N) is 1. The van der Waals surface area contributed by atoms with E-state index in [-0.39, 0.29) is 49.9 Å². The molecule has 1 fully saturated rings. The number of likely N-dealkylation sites (tertiary alicyclic amines) is 1. The summed E-state index contributed by atoms with van der Waals surface area (Å²) in [6.07, 6.45) is 2.81. The monoisotopic (exact) mass is 284 g/mol. The van der Waals surface area contributed by atoms with Gasteiger partial charge in [-0.15, -0.1) is 0 Å². The van der Waals surface area contributed by atoms with E-state index in [1.54, 1.807) is 0 Å². The van der Waals surface area contributed by atoms with E-state index in [0.717, 1.165) is 17.7 Å². The summed E-state index contributed by atoms with van der Waals surface area (Å²) < 4.78 is 0. The normalized spacial score (nSPS) is 14.7. The molecular formula is C13H20N2O5. The van der Waals surface area contributed by atoms with Gasteiger partial charge in [0, 0.05) is 38.8 Å². The maximum absolute atomic E-state index is 11.5. The number of unbranched alkanes of at least 4 members (excludes halogenated alkanes) is 2. The fourth-order valence-corrected chi connectivity index (χ4v) is 1.98. The number of imide groups is 1. The lowest BCUT2D eigenvalue weighted by atomic mass is 10.2. The molecule has 0 aromatic rings. The lowest BCUT2D eigenvalue weighted by Crippen LogP contribution is -2.34. The van der Waals surface area contributed by atoms with Crippen LogP contribution >= 0.6 is 0 Å². The molecule has 2 N–H and O–H groups in total. The van der Waals surface area contributed by atoms with E-state index >= 15 is 0 Å². The standard InChI is InChI=1S/C13H20N2O5/c16-10(14-8-3-1-2-4-13(19)20)7-9-15-11(17)5-6-12(15)18/h1-9H2,(H,14,16)(H,19,20). The van der Waals surface area contributed by atoms with Gasteiger partial charge in [0.05, 0.1) is 0 Å². The van der Waals surface area contributed by atoms with Crippen molar-refractivity contribution in [1.82, 2.24) is 10.2 Å². The highest BCUT2D eigenvalue weighted by Gasteiger charge is 2.28. The van der Waals surface area contributed by atoms with Gasteiger partial charge in [-0.1, -0.05) is 6.42 Å². The third-order valence-corrected chi connectivity index (χ3v) is 3.11. The maximum Gasteiger partial charge on any atom is 0.303 e. The summed E-state index contributed by atoms with van der Waals surface area (Å²) in [5.41, 5.74) is 0. The number of nitrogens with zero attached hydrogens (tertiary/aromatic N) is 1. The van der Waals surface area contributed by atoms with E-state index in [9.17, 15) is 19.2 Å². The molecule has 1 heterocycles. The maximum atomic E-state index is 11.5. The summed E-state index contributed by atoms with van der Waals surface area (Å²) >= 11 is 0. The Morgan fingerprint density at radius 1 is 1.05 bits per heavy atom. The van der Waals surface area contributed by atoms with Gasteiger partial charge in [0.15, 0.2) is 0 Å². The van der Waals surface area contributed by atoms with E-state index in [4.69, 9.17) is 5.11 Å². The molecular weight excluding hydrogens is 264 g/mol. The number of carbonyl (C=O) groups is 4. The minimum atomic E-state index is -0.811. The number of carbonyl (C=O) groups excluding carboxylic acids is 3. The van der Waals surface area contributed by atoms with Gasteiger partial charge in [-0.25, -0.2) is 0 Å². The van der Waals surface area contributed by atoms with Crippen molar-refractivity contribution >= 4 is 23.7 Å². The van der Waals surface area contributed by atoms with Crippen molar-refractivity contribution in [2.24, 2.45) is 0 Å². The van der Waals surface area contributed by atoms with Crippen LogP contribution in [0.15, 0.2) is 0 Å². The summed E-state index contributed by atoms with van der Waals surface area (Å²) in [4.78, 5) is 45.5. The van der Waals surface area contributed by atoms with E-state index in [0.29, 0.717) is 13.0 Å². The number of rotatable bonds is 9. The SMILES string of the molecule is O=C(O)CCCCCNC(=O)CCN1C(=O)CCC1=O. The molecule has 1 saturated heterocycles. The first kappa shape index (κ1) is 16.1. The van der Waals surface area contributed by atoms with Crippen molar-refractivity contribution in [3.63, 3.8) is 0 Å². The van der Waals surface area contributed by atoms with Crippen LogP contribution in [-0.4, -0.2) is 46.8 Å². The number of amides is 3. The molecule has 0 aromatic heterocycles. The molecule has 112 valence electrons. The van der Waals surface area contributed by atoms with Crippen molar-refractivity contribution in [2.75, 3.05) is 13.1 Å². The molecule has 0 aliphatic carbocycles. The molecule has 0 saturated carbocycles. The first-order chi connectivity index (χ1) is 9.50. The van der Waals surface area contributed by atoms with Crippen molar-refractivity contribution < 1.29 is 24.3 Å². The zero-order valence-electron chi connectivity index (χ0n) is 11.4. The molecule has 7 heteroatoms. The second-order valence-electron chi connectivity index (χ2n) is 4.74. The molecule has 1 aliphatic rings. The van der Waals surface area contributed by atoms with Crippen LogP contribution in [-0.2, 0) is 19.2 Å². The van der Waals surface area contributed by atoms with Crippen LogP contribution in [0.5, 0.6) is 0 Å². The van der Waals surface area contributed by atoms with Crippen molar-refractivity contribution in [3.8, 4) is 0 Å². The Hall–Kier alpha value is -1.92. The van der Waals surface area contributed by atoms with Gasteiger partial charge in [-0.05, 0) is 12.8 Å². The average Bonchev–Trinajstić information content (AvgIpc) is 2.70. The minimum Gasteiger partial charge on any atom is -0.481 e. The largest absolute Gasteiger partial charge is 0.481 e. The number of carboxylic acid groups (broad SMARTS) is 1. The van der Waals surface area contributed by atoms with Crippen molar-refractivity contribution in [1.29, 1.82) is 0 Å². The lowest BCUT2D eigenvalue weighted by Gasteiger charge is -2.13. The Bertz CT molecular complexity index is 378. The third-order valence-electron chi connectivity index (χ3n) is 3.11.